The molecule has 0 aliphatic heterocycles. The number of rotatable bonds is 3. The summed E-state index contributed by atoms with van der Waals surface area (Å²) in [6.45, 7) is 0. The van der Waals surface area contributed by atoms with E-state index in [1.165, 1.54) is 11.8 Å². The molecular weight excluding hydrogens is 312 g/mol. The fourth-order valence-electron chi connectivity index (χ4n) is 2.42. The van der Waals surface area contributed by atoms with Crippen molar-refractivity contribution in [3.8, 4) is 0 Å². The van der Waals surface area contributed by atoms with E-state index in [2.05, 4.69) is 15.9 Å². The maximum Gasteiger partial charge on any atom is 0.320 e. The lowest BCUT2D eigenvalue weighted by atomic mass is 9.99. The van der Waals surface area contributed by atoms with Gasteiger partial charge in [0.25, 0.3) is 0 Å². The van der Waals surface area contributed by atoms with Crippen molar-refractivity contribution in [2.45, 2.75) is 48.2 Å². The fourth-order valence-corrected chi connectivity index (χ4v) is 4.33. The highest BCUT2D eigenvalue weighted by atomic mass is 79.9. The zero-order chi connectivity index (χ0) is 13.0. The maximum absolute atomic E-state index is 11.7. The van der Waals surface area contributed by atoms with Gasteiger partial charge in [0.15, 0.2) is 0 Å². The highest BCUT2D eigenvalue weighted by molar-refractivity contribution is 9.10. The molecule has 98 valence electrons. The highest BCUT2D eigenvalue weighted by Gasteiger charge is 2.39. The van der Waals surface area contributed by atoms with Crippen molar-refractivity contribution in [2.24, 2.45) is 0 Å². The summed E-state index contributed by atoms with van der Waals surface area (Å²) in [4.78, 5) is 12.7. The number of hydrogen-bond acceptors (Lipinski definition) is 2. The molecule has 0 amide bonds. The zero-order valence-corrected chi connectivity index (χ0v) is 12.6. The molecule has 2 rings (SSSR count). The Kier molecular flexibility index (Phi) is 4.73. The van der Waals surface area contributed by atoms with Crippen LogP contribution in [0.3, 0.4) is 0 Å². The molecule has 1 aliphatic rings. The van der Waals surface area contributed by atoms with Crippen molar-refractivity contribution in [3.05, 3.63) is 28.7 Å². The van der Waals surface area contributed by atoms with E-state index in [9.17, 15) is 9.90 Å². The molecule has 0 atom stereocenters. The number of aliphatic carboxylic acids is 1. The molecule has 0 heterocycles. The molecule has 0 bridgehead atoms. The Morgan fingerprint density at radius 1 is 1.22 bits per heavy atom. The number of carboxylic acid groups (broad SMARTS) is 1. The smallest absolute Gasteiger partial charge is 0.320 e. The number of thioether (sulfide) groups is 1. The van der Waals surface area contributed by atoms with Crippen LogP contribution in [0.4, 0.5) is 0 Å². The van der Waals surface area contributed by atoms with E-state index in [1.54, 1.807) is 0 Å². The predicted octanol–water partition coefficient (Wildman–Crippen LogP) is 4.72. The lowest BCUT2D eigenvalue weighted by molar-refractivity contribution is -0.140. The molecule has 1 saturated carbocycles. The van der Waals surface area contributed by atoms with Crippen molar-refractivity contribution in [3.63, 3.8) is 0 Å². The summed E-state index contributed by atoms with van der Waals surface area (Å²) in [7, 11) is 0. The lowest BCUT2D eigenvalue weighted by Crippen LogP contribution is -2.34. The third kappa shape index (κ3) is 3.29. The van der Waals surface area contributed by atoms with Crippen molar-refractivity contribution in [2.75, 3.05) is 0 Å². The second kappa shape index (κ2) is 6.11. The molecule has 1 N–H and O–H groups in total. The van der Waals surface area contributed by atoms with Gasteiger partial charge in [0.1, 0.15) is 4.75 Å². The minimum atomic E-state index is -0.658. The van der Waals surface area contributed by atoms with Crippen molar-refractivity contribution < 1.29 is 9.90 Å². The first kappa shape index (κ1) is 13.9. The average molecular weight is 329 g/mol. The Morgan fingerprint density at radius 3 is 2.44 bits per heavy atom. The Bertz CT molecular complexity index is 426. The minimum Gasteiger partial charge on any atom is -0.480 e. The van der Waals surface area contributed by atoms with Crippen molar-refractivity contribution in [1.82, 2.24) is 0 Å². The van der Waals surface area contributed by atoms with Crippen LogP contribution in [0.25, 0.3) is 0 Å². The van der Waals surface area contributed by atoms with E-state index >= 15 is 0 Å². The quantitative estimate of drug-likeness (QED) is 0.816. The first-order valence-corrected chi connectivity index (χ1v) is 7.91. The molecule has 1 aromatic rings. The van der Waals surface area contributed by atoms with Gasteiger partial charge in [0, 0.05) is 9.37 Å². The van der Waals surface area contributed by atoms with E-state index in [1.807, 2.05) is 24.3 Å². The molecule has 4 heteroatoms. The summed E-state index contributed by atoms with van der Waals surface area (Å²) in [5.74, 6) is -0.658. The average Bonchev–Trinajstić information content (AvgIpc) is 2.55. The zero-order valence-electron chi connectivity index (χ0n) is 10.2. The third-order valence-electron chi connectivity index (χ3n) is 3.41. The van der Waals surface area contributed by atoms with Crippen LogP contribution in [0.15, 0.2) is 33.6 Å². The number of halogens is 1. The topological polar surface area (TPSA) is 37.3 Å². The third-order valence-corrected chi connectivity index (χ3v) is 5.37. The Morgan fingerprint density at radius 2 is 1.89 bits per heavy atom. The van der Waals surface area contributed by atoms with Gasteiger partial charge in [-0.15, -0.1) is 11.8 Å². The largest absolute Gasteiger partial charge is 0.480 e. The molecule has 0 spiro atoms. The van der Waals surface area contributed by atoms with Gasteiger partial charge in [-0.2, -0.15) is 0 Å². The molecule has 18 heavy (non-hydrogen) atoms. The van der Waals surface area contributed by atoms with E-state index < -0.39 is 10.7 Å². The lowest BCUT2D eigenvalue weighted by Gasteiger charge is -2.27. The van der Waals surface area contributed by atoms with Gasteiger partial charge < -0.3 is 5.11 Å². The van der Waals surface area contributed by atoms with Crippen LogP contribution < -0.4 is 0 Å². The second-order valence-electron chi connectivity index (χ2n) is 4.77. The van der Waals surface area contributed by atoms with Crippen LogP contribution >= 0.6 is 27.7 Å². The maximum atomic E-state index is 11.7. The molecule has 1 aliphatic carbocycles. The standard InChI is InChI=1S/C14H17BrO2S/c15-11-6-5-7-12(10-11)18-14(13(16)17)8-3-1-2-4-9-14/h5-7,10H,1-4,8-9H2,(H,16,17). The van der Waals surface area contributed by atoms with Crippen molar-refractivity contribution >= 4 is 33.7 Å². The Hall–Kier alpha value is -0.480. The first-order valence-electron chi connectivity index (χ1n) is 6.30. The summed E-state index contributed by atoms with van der Waals surface area (Å²) in [6, 6.07) is 7.91. The van der Waals surface area contributed by atoms with Crippen LogP contribution in [0.5, 0.6) is 0 Å². The Labute approximate surface area is 120 Å². The molecule has 0 saturated heterocycles. The number of carboxylic acids is 1. The molecule has 1 aromatic carbocycles. The SMILES string of the molecule is O=C(O)C1(Sc2cccc(Br)c2)CCCCCC1. The predicted molar refractivity (Wildman–Crippen MR) is 78.1 cm³/mol. The summed E-state index contributed by atoms with van der Waals surface area (Å²) < 4.78 is 0.374. The second-order valence-corrected chi connectivity index (χ2v) is 7.15. The van der Waals surface area contributed by atoms with Crippen LogP contribution in [0.1, 0.15) is 38.5 Å². The van der Waals surface area contributed by atoms with Crippen LogP contribution in [0, 0.1) is 0 Å². The summed E-state index contributed by atoms with van der Waals surface area (Å²) >= 11 is 4.95. The van der Waals surface area contributed by atoms with E-state index in [0.717, 1.165) is 47.9 Å². The first-order chi connectivity index (χ1) is 8.62. The summed E-state index contributed by atoms with van der Waals surface area (Å²) in [5, 5.41) is 9.61. The van der Waals surface area contributed by atoms with Gasteiger partial charge in [-0.3, -0.25) is 4.79 Å². The van der Waals surface area contributed by atoms with Gasteiger partial charge in [0.2, 0.25) is 0 Å². The van der Waals surface area contributed by atoms with E-state index in [-0.39, 0.29) is 0 Å². The summed E-state index contributed by atoms with van der Waals surface area (Å²) in [6.07, 6.45) is 5.92. The molecular formula is C14H17BrO2S. The molecule has 2 nitrogen and oxygen atoms in total. The number of hydrogen-bond donors (Lipinski definition) is 1. The van der Waals surface area contributed by atoms with E-state index in [0.29, 0.717) is 0 Å². The van der Waals surface area contributed by atoms with Gasteiger partial charge in [-0.05, 0) is 31.0 Å². The highest BCUT2D eigenvalue weighted by Crippen LogP contribution is 2.43. The fraction of sp³-hybridized carbons (Fsp3) is 0.500. The molecule has 0 aromatic heterocycles. The summed E-state index contributed by atoms with van der Waals surface area (Å²) in [5.41, 5.74) is 0. The van der Waals surface area contributed by atoms with Crippen LogP contribution in [0.2, 0.25) is 0 Å². The van der Waals surface area contributed by atoms with Crippen LogP contribution in [-0.4, -0.2) is 15.8 Å². The molecule has 0 radical (unpaired) electrons. The Balaban J connectivity index is 2.22. The normalized spacial score (nSPS) is 19.2. The van der Waals surface area contributed by atoms with Crippen molar-refractivity contribution in [1.29, 1.82) is 0 Å². The van der Waals surface area contributed by atoms with Crippen LogP contribution in [-0.2, 0) is 4.79 Å². The van der Waals surface area contributed by atoms with Gasteiger partial charge in [-0.1, -0.05) is 47.7 Å². The number of carbonyl (C=O) groups is 1. The van der Waals surface area contributed by atoms with Gasteiger partial charge in [0.05, 0.1) is 0 Å². The molecule has 1 fully saturated rings. The molecule has 0 unspecified atom stereocenters. The van der Waals surface area contributed by atoms with Gasteiger partial charge in [-0.25, -0.2) is 0 Å². The van der Waals surface area contributed by atoms with Gasteiger partial charge >= 0.3 is 5.97 Å². The monoisotopic (exact) mass is 328 g/mol. The minimum absolute atomic E-state index is 0.628. The number of benzene rings is 1. The van der Waals surface area contributed by atoms with E-state index in [4.69, 9.17) is 0 Å².